The third-order valence-electron chi connectivity index (χ3n) is 4.53. The molecule has 0 spiro atoms. The van der Waals surface area contributed by atoms with E-state index in [1.54, 1.807) is 6.20 Å². The highest BCUT2D eigenvalue weighted by molar-refractivity contribution is 6.63. The first-order valence-corrected chi connectivity index (χ1v) is 6.86. The zero-order valence-corrected chi connectivity index (χ0v) is 12.9. The van der Waals surface area contributed by atoms with Crippen molar-refractivity contribution in [3.63, 3.8) is 0 Å². The predicted molar refractivity (Wildman–Crippen MR) is 79.0 cm³/mol. The number of hydrogen-bond donors (Lipinski definition) is 0. The van der Waals surface area contributed by atoms with Gasteiger partial charge in [-0.2, -0.15) is 0 Å². The third-order valence-corrected chi connectivity index (χ3v) is 4.53. The highest BCUT2D eigenvalue weighted by atomic mass is 16.7. The molecular formula is C14H20BN3O2. The van der Waals surface area contributed by atoms with Crippen LogP contribution in [0.3, 0.4) is 0 Å². The van der Waals surface area contributed by atoms with Crippen LogP contribution >= 0.6 is 0 Å². The second kappa shape index (κ2) is 4.05. The molecule has 106 valence electrons. The molecular weight excluding hydrogens is 253 g/mol. The number of aromatic nitrogens is 3. The first kappa shape index (κ1) is 13.6. The molecule has 0 aromatic carbocycles. The lowest BCUT2D eigenvalue weighted by Gasteiger charge is -2.32. The lowest BCUT2D eigenvalue weighted by molar-refractivity contribution is 0.00578. The zero-order chi connectivity index (χ0) is 14.7. The number of rotatable bonds is 1. The highest BCUT2D eigenvalue weighted by Gasteiger charge is 2.53. The van der Waals surface area contributed by atoms with Crippen LogP contribution < -0.4 is 5.59 Å². The van der Waals surface area contributed by atoms with Crippen molar-refractivity contribution >= 4 is 23.7 Å². The first-order chi connectivity index (χ1) is 9.23. The maximum atomic E-state index is 6.07. The minimum atomic E-state index is -0.474. The van der Waals surface area contributed by atoms with Crippen LogP contribution in [-0.2, 0) is 16.4 Å². The average Bonchev–Trinajstić information content (AvgIpc) is 2.74. The van der Waals surface area contributed by atoms with E-state index < -0.39 is 7.12 Å². The van der Waals surface area contributed by atoms with E-state index in [0.717, 1.165) is 22.5 Å². The van der Waals surface area contributed by atoms with E-state index in [-0.39, 0.29) is 11.2 Å². The molecule has 0 bridgehead atoms. The second-order valence-electron chi connectivity index (χ2n) is 6.37. The molecule has 6 heteroatoms. The molecule has 1 aliphatic rings. The Kier molecular flexibility index (Phi) is 2.75. The van der Waals surface area contributed by atoms with Gasteiger partial charge in [-0.1, -0.05) is 0 Å². The maximum Gasteiger partial charge on any atom is 0.516 e. The summed E-state index contributed by atoms with van der Waals surface area (Å²) in [5.74, 6) is 0.950. The smallest absolute Gasteiger partial charge is 0.398 e. The van der Waals surface area contributed by atoms with Crippen LogP contribution in [0, 0.1) is 6.92 Å². The van der Waals surface area contributed by atoms with E-state index >= 15 is 0 Å². The van der Waals surface area contributed by atoms with Crippen LogP contribution in [0.5, 0.6) is 0 Å². The zero-order valence-electron chi connectivity index (χ0n) is 12.9. The predicted octanol–water partition coefficient (Wildman–Crippen LogP) is 1.58. The van der Waals surface area contributed by atoms with Gasteiger partial charge in [0.25, 0.3) is 0 Å². The quantitative estimate of drug-likeness (QED) is 0.740. The Labute approximate surface area is 119 Å². The van der Waals surface area contributed by atoms with Crippen LogP contribution in [-0.4, -0.2) is 32.9 Å². The molecule has 3 rings (SSSR count). The molecule has 2 aromatic rings. The van der Waals surface area contributed by atoms with E-state index in [4.69, 9.17) is 9.31 Å². The van der Waals surface area contributed by atoms with Gasteiger partial charge in [-0.05, 0) is 40.7 Å². The number of nitrogens with zero attached hydrogens (tertiary/aromatic N) is 3. The summed E-state index contributed by atoms with van der Waals surface area (Å²) in [4.78, 5) is 9.04. The number of aryl methyl sites for hydroxylation is 2. The average molecular weight is 273 g/mol. The molecule has 0 atom stereocenters. The Balaban J connectivity index is 2.11. The van der Waals surface area contributed by atoms with E-state index in [1.807, 2.05) is 52.3 Å². The van der Waals surface area contributed by atoms with Crippen molar-refractivity contribution in [2.75, 3.05) is 0 Å². The van der Waals surface area contributed by atoms with Gasteiger partial charge in [0.1, 0.15) is 11.3 Å². The van der Waals surface area contributed by atoms with Crippen LogP contribution in [0.15, 0.2) is 12.3 Å². The van der Waals surface area contributed by atoms with E-state index in [9.17, 15) is 0 Å². The molecule has 0 amide bonds. The van der Waals surface area contributed by atoms with Crippen molar-refractivity contribution in [2.24, 2.45) is 7.05 Å². The fraction of sp³-hybridized carbons (Fsp3) is 0.571. The van der Waals surface area contributed by atoms with E-state index in [2.05, 4.69) is 9.97 Å². The number of imidazole rings is 1. The molecule has 1 aliphatic heterocycles. The molecule has 0 radical (unpaired) electrons. The standard InChI is InChI=1S/C14H20BN3O2/c1-9-17-11-10(18(9)6)7-8-16-12(11)15-19-13(2,3)14(4,5)20-15/h7-8H,1-6H3. The van der Waals surface area contributed by atoms with Gasteiger partial charge in [0.15, 0.2) is 0 Å². The normalized spacial score (nSPS) is 20.8. The van der Waals surface area contributed by atoms with Crippen molar-refractivity contribution in [1.82, 2.24) is 14.5 Å². The van der Waals surface area contributed by atoms with Gasteiger partial charge in [0, 0.05) is 13.2 Å². The summed E-state index contributed by atoms with van der Waals surface area (Å²) in [5, 5.41) is 0. The molecule has 1 fully saturated rings. The van der Waals surface area contributed by atoms with Crippen LogP contribution in [0.1, 0.15) is 33.5 Å². The molecule has 20 heavy (non-hydrogen) atoms. The van der Waals surface area contributed by atoms with Gasteiger partial charge in [0.2, 0.25) is 0 Å². The minimum absolute atomic E-state index is 0.370. The van der Waals surface area contributed by atoms with Gasteiger partial charge < -0.3 is 13.9 Å². The molecule has 1 saturated heterocycles. The maximum absolute atomic E-state index is 6.07. The Morgan fingerprint density at radius 3 is 2.35 bits per heavy atom. The Morgan fingerprint density at radius 2 is 1.75 bits per heavy atom. The Bertz CT molecular complexity index is 662. The minimum Gasteiger partial charge on any atom is -0.398 e. The number of pyridine rings is 1. The Hall–Kier alpha value is -1.40. The van der Waals surface area contributed by atoms with E-state index in [0.29, 0.717) is 0 Å². The SMILES string of the molecule is Cc1nc2c(B3OC(C)(C)C(C)(C)O3)nccc2n1C. The topological polar surface area (TPSA) is 49.2 Å². The lowest BCUT2D eigenvalue weighted by atomic mass is 9.83. The van der Waals surface area contributed by atoms with Crippen LogP contribution in [0.25, 0.3) is 11.0 Å². The van der Waals surface area contributed by atoms with Crippen molar-refractivity contribution < 1.29 is 9.31 Å². The van der Waals surface area contributed by atoms with Crippen molar-refractivity contribution in [3.05, 3.63) is 18.1 Å². The fourth-order valence-corrected chi connectivity index (χ4v) is 2.38. The van der Waals surface area contributed by atoms with Crippen molar-refractivity contribution in [1.29, 1.82) is 0 Å². The van der Waals surface area contributed by atoms with E-state index in [1.165, 1.54) is 0 Å². The van der Waals surface area contributed by atoms with Crippen molar-refractivity contribution in [3.8, 4) is 0 Å². The fourth-order valence-electron chi connectivity index (χ4n) is 2.38. The summed E-state index contributed by atoms with van der Waals surface area (Å²) in [5.41, 5.74) is 1.91. The molecule has 3 heterocycles. The number of hydrogen-bond acceptors (Lipinski definition) is 4. The van der Waals surface area contributed by atoms with Gasteiger partial charge >= 0.3 is 7.12 Å². The van der Waals surface area contributed by atoms with Crippen LogP contribution in [0.4, 0.5) is 0 Å². The van der Waals surface area contributed by atoms with Gasteiger partial charge in [-0.25, -0.2) is 4.98 Å². The Morgan fingerprint density at radius 1 is 1.15 bits per heavy atom. The number of fused-ring (bicyclic) bond motifs is 1. The molecule has 0 N–H and O–H groups in total. The molecule has 2 aromatic heterocycles. The summed E-state index contributed by atoms with van der Waals surface area (Å²) in [6, 6.07) is 1.96. The first-order valence-electron chi connectivity index (χ1n) is 6.86. The lowest BCUT2D eigenvalue weighted by Crippen LogP contribution is -2.41. The molecule has 0 unspecified atom stereocenters. The summed E-state index contributed by atoms with van der Waals surface area (Å²) < 4.78 is 14.2. The molecule has 5 nitrogen and oxygen atoms in total. The third kappa shape index (κ3) is 1.78. The monoisotopic (exact) mass is 273 g/mol. The van der Waals surface area contributed by atoms with Gasteiger partial charge in [0.05, 0.1) is 22.3 Å². The second-order valence-corrected chi connectivity index (χ2v) is 6.37. The summed E-state index contributed by atoms with van der Waals surface area (Å²) in [6.07, 6.45) is 1.78. The summed E-state index contributed by atoms with van der Waals surface area (Å²) >= 11 is 0. The van der Waals surface area contributed by atoms with Crippen LogP contribution in [0.2, 0.25) is 0 Å². The van der Waals surface area contributed by atoms with Gasteiger partial charge in [-0.15, -0.1) is 0 Å². The van der Waals surface area contributed by atoms with Crippen molar-refractivity contribution in [2.45, 2.75) is 45.8 Å². The molecule has 0 aliphatic carbocycles. The molecule has 0 saturated carbocycles. The summed E-state index contributed by atoms with van der Waals surface area (Å²) in [7, 11) is 1.52. The summed E-state index contributed by atoms with van der Waals surface area (Å²) in [6.45, 7) is 10.1. The van der Waals surface area contributed by atoms with Gasteiger partial charge in [-0.3, -0.25) is 4.98 Å². The highest BCUT2D eigenvalue weighted by Crippen LogP contribution is 2.36. The largest absolute Gasteiger partial charge is 0.516 e.